The van der Waals surface area contributed by atoms with Gasteiger partial charge < -0.3 is 20.6 Å². The Kier molecular flexibility index (Phi) is 8.61. The van der Waals surface area contributed by atoms with Crippen molar-refractivity contribution in [2.75, 3.05) is 6.61 Å². The number of carboxylic acids is 1. The van der Waals surface area contributed by atoms with E-state index in [9.17, 15) is 9.36 Å². The summed E-state index contributed by atoms with van der Waals surface area (Å²) in [5.74, 6) is -1.38. The molecule has 0 aliphatic carbocycles. The molecule has 0 aromatic heterocycles. The van der Waals surface area contributed by atoms with Gasteiger partial charge in [-0.2, -0.15) is 0 Å². The van der Waals surface area contributed by atoms with E-state index in [4.69, 9.17) is 20.6 Å². The predicted molar refractivity (Wildman–Crippen MR) is 39.4 cm³/mol. The van der Waals surface area contributed by atoms with Gasteiger partial charge in [0.1, 0.15) is 6.04 Å². The Morgan fingerprint density at radius 1 is 1.58 bits per heavy atom. The summed E-state index contributed by atoms with van der Waals surface area (Å²) in [6.45, 7) is -0.709. The topological polar surface area (TPSA) is 130 Å². The van der Waals surface area contributed by atoms with Gasteiger partial charge in [-0.25, -0.2) is 4.57 Å². The maximum atomic E-state index is 9.98. The van der Waals surface area contributed by atoms with Crippen molar-refractivity contribution in [2.24, 2.45) is 5.73 Å². The summed E-state index contributed by atoms with van der Waals surface area (Å²) in [7, 11) is -4.60. The third kappa shape index (κ3) is 9.27. The molecule has 0 aromatic carbocycles. The van der Waals surface area contributed by atoms with Crippen LogP contribution in [0.5, 0.6) is 0 Å². The second-order valence-electron chi connectivity index (χ2n) is 1.73. The third-order valence-corrected chi connectivity index (χ3v) is 1.22. The van der Waals surface area contributed by atoms with E-state index in [1.165, 1.54) is 0 Å². The van der Waals surface area contributed by atoms with Crippen LogP contribution in [0, 0.1) is 0 Å². The minimum atomic E-state index is -4.60. The van der Waals surface area contributed by atoms with Gasteiger partial charge in [-0.1, -0.05) is 0 Å². The Bertz CT molecular complexity index is 191. The molecule has 0 heterocycles. The van der Waals surface area contributed by atoms with Crippen LogP contribution < -0.4 is 5.73 Å². The molecule has 0 unspecified atom stereocenters. The predicted octanol–water partition coefficient (Wildman–Crippen LogP) is -1.87. The maximum absolute atomic E-state index is 9.98. The number of carbonyl (C=O) groups is 1. The molecular weight excluding hydrogens is 216 g/mol. The Balaban J connectivity index is 0. The van der Waals surface area contributed by atoms with Crippen molar-refractivity contribution in [3.8, 4) is 0 Å². The zero-order chi connectivity index (χ0) is 9.07. The van der Waals surface area contributed by atoms with Crippen LogP contribution in [0.4, 0.5) is 0 Å². The monoisotopic (exact) mass is 224 g/mol. The van der Waals surface area contributed by atoms with E-state index in [0.717, 1.165) is 0 Å². The molecule has 5 N–H and O–H groups in total. The van der Waals surface area contributed by atoms with Gasteiger partial charge in [-0.05, 0) is 0 Å². The van der Waals surface area contributed by atoms with Gasteiger partial charge in [0.2, 0.25) is 0 Å². The van der Waals surface area contributed by atoms with Crippen molar-refractivity contribution < 1.29 is 28.8 Å². The molecule has 12 heavy (non-hydrogen) atoms. The fraction of sp³-hybridized carbons (Fsp3) is 0.667. The molecule has 0 aliphatic rings. The number of hydrogen-bond acceptors (Lipinski definition) is 4. The van der Waals surface area contributed by atoms with Crippen LogP contribution in [0.1, 0.15) is 0 Å². The maximum Gasteiger partial charge on any atom is 0.469 e. The number of phosphoric ester groups is 1. The molecule has 0 saturated carbocycles. The normalized spacial score (nSPS) is 13.2. The van der Waals surface area contributed by atoms with Crippen LogP contribution in [0.3, 0.4) is 0 Å². The van der Waals surface area contributed by atoms with Gasteiger partial charge in [-0.15, -0.1) is 0 Å². The van der Waals surface area contributed by atoms with Crippen LogP contribution in [0.25, 0.3) is 0 Å². The summed E-state index contributed by atoms with van der Waals surface area (Å²) >= 11 is 0. The van der Waals surface area contributed by atoms with Crippen molar-refractivity contribution in [1.29, 1.82) is 0 Å². The first-order valence-electron chi connectivity index (χ1n) is 2.51. The van der Waals surface area contributed by atoms with E-state index in [1.54, 1.807) is 0 Å². The van der Waals surface area contributed by atoms with Crippen LogP contribution in [-0.2, 0) is 13.9 Å². The molecule has 0 bridgehead atoms. The van der Waals surface area contributed by atoms with Gasteiger partial charge in [0.05, 0.1) is 6.61 Å². The summed E-state index contributed by atoms with van der Waals surface area (Å²) in [5, 5.41) is 8.12. The van der Waals surface area contributed by atoms with Crippen molar-refractivity contribution in [2.45, 2.75) is 6.04 Å². The van der Waals surface area contributed by atoms with Crippen molar-refractivity contribution >= 4 is 65.2 Å². The molecule has 0 aromatic rings. The Morgan fingerprint density at radius 3 is 2.25 bits per heavy atom. The first-order chi connectivity index (χ1) is 4.83. The van der Waals surface area contributed by atoms with Crippen LogP contribution in [0.15, 0.2) is 0 Å². The largest absolute Gasteiger partial charge is 0.480 e. The van der Waals surface area contributed by atoms with E-state index in [-0.39, 0.29) is 51.4 Å². The van der Waals surface area contributed by atoms with Crippen LogP contribution in [-0.4, -0.2) is 84.9 Å². The fourth-order valence-electron chi connectivity index (χ4n) is 0.249. The first-order valence-corrected chi connectivity index (χ1v) is 4.04. The van der Waals surface area contributed by atoms with Gasteiger partial charge in [-0.3, -0.25) is 9.32 Å². The Labute approximate surface area is 111 Å². The molecule has 0 aliphatic heterocycles. The van der Waals surface area contributed by atoms with E-state index in [2.05, 4.69) is 4.52 Å². The number of aliphatic carboxylic acids is 1. The zero-order valence-corrected chi connectivity index (χ0v) is 10.4. The quantitative estimate of drug-likeness (QED) is 0.325. The number of hydrogen-bond donors (Lipinski definition) is 4. The third-order valence-electron chi connectivity index (χ3n) is 0.739. The summed E-state index contributed by atoms with van der Waals surface area (Å²) in [4.78, 5) is 26.1. The molecule has 7 nitrogen and oxygen atoms in total. The van der Waals surface area contributed by atoms with Crippen molar-refractivity contribution in [1.82, 2.24) is 0 Å². The van der Waals surface area contributed by atoms with E-state index < -0.39 is 26.4 Å². The molecular formula is C3H8KNO6P. The zero-order valence-electron chi connectivity index (χ0n) is 6.38. The standard InChI is InChI=1S/C3H8NO6P.K/c4-2(3(5)6)1-10-11(7,8)9;/h2H,1,4H2,(H,5,6)(H2,7,8,9);/t2-;/m0./s1. The minimum Gasteiger partial charge on any atom is -0.480 e. The number of carboxylic acid groups (broad SMARTS) is 1. The Hall–Kier alpha value is 1.18. The van der Waals surface area contributed by atoms with E-state index in [1.807, 2.05) is 0 Å². The van der Waals surface area contributed by atoms with Crippen molar-refractivity contribution in [3.63, 3.8) is 0 Å². The van der Waals surface area contributed by atoms with E-state index >= 15 is 0 Å². The second-order valence-corrected chi connectivity index (χ2v) is 2.97. The molecule has 0 spiro atoms. The molecule has 1 radical (unpaired) electrons. The molecule has 0 amide bonds. The average molecular weight is 224 g/mol. The fourth-order valence-corrected chi connectivity index (χ4v) is 0.603. The molecule has 0 rings (SSSR count). The molecule has 9 heteroatoms. The minimum absolute atomic E-state index is 0. The number of nitrogens with two attached hydrogens (primary N) is 1. The average Bonchev–Trinajstić information content (AvgIpc) is 1.80. The Morgan fingerprint density at radius 2 is 2.00 bits per heavy atom. The molecule has 0 saturated heterocycles. The van der Waals surface area contributed by atoms with E-state index in [0.29, 0.717) is 0 Å². The summed E-state index contributed by atoms with van der Waals surface area (Å²) in [5.41, 5.74) is 4.86. The molecule has 67 valence electrons. The number of rotatable bonds is 4. The van der Waals surface area contributed by atoms with Crippen LogP contribution in [0.2, 0.25) is 0 Å². The van der Waals surface area contributed by atoms with Gasteiger partial charge in [0.15, 0.2) is 0 Å². The first kappa shape index (κ1) is 15.6. The summed E-state index contributed by atoms with van der Waals surface area (Å²) in [6, 6.07) is -1.41. The van der Waals surface area contributed by atoms with Gasteiger partial charge in [0, 0.05) is 51.4 Å². The molecule has 1 atom stereocenters. The SMILES string of the molecule is N[C@@H](COP(=O)(O)O)C(=O)O.[K]. The summed E-state index contributed by atoms with van der Waals surface area (Å²) < 4.78 is 13.8. The smallest absolute Gasteiger partial charge is 0.469 e. The van der Waals surface area contributed by atoms with Crippen molar-refractivity contribution in [3.05, 3.63) is 0 Å². The second kappa shape index (κ2) is 6.60. The van der Waals surface area contributed by atoms with Gasteiger partial charge in [0.25, 0.3) is 0 Å². The van der Waals surface area contributed by atoms with Gasteiger partial charge >= 0.3 is 13.8 Å². The van der Waals surface area contributed by atoms with Crippen LogP contribution >= 0.6 is 7.82 Å². The summed E-state index contributed by atoms with van der Waals surface area (Å²) in [6.07, 6.45) is 0. The number of phosphoric acid groups is 1. The molecule has 0 fully saturated rings.